The largest absolute Gasteiger partial charge is 0.494 e. The van der Waals surface area contributed by atoms with E-state index in [1.54, 1.807) is 0 Å². The quantitative estimate of drug-likeness (QED) is 0.327. The van der Waals surface area contributed by atoms with Crippen LogP contribution in [0.5, 0.6) is 5.75 Å². The van der Waals surface area contributed by atoms with E-state index >= 15 is 0 Å². The zero-order chi connectivity index (χ0) is 14.4. The summed E-state index contributed by atoms with van der Waals surface area (Å²) in [7, 11) is 3.94. The van der Waals surface area contributed by atoms with E-state index in [1.807, 2.05) is 19.0 Å². The van der Waals surface area contributed by atoms with Crippen molar-refractivity contribution in [2.45, 2.75) is 13.3 Å². The van der Waals surface area contributed by atoms with Gasteiger partial charge in [-0.1, -0.05) is 0 Å². The fourth-order valence-corrected chi connectivity index (χ4v) is 1.62. The lowest BCUT2D eigenvalue weighted by molar-refractivity contribution is -0.385. The van der Waals surface area contributed by atoms with Crippen LogP contribution in [0.15, 0.2) is 18.2 Å². The molecule has 0 spiro atoms. The van der Waals surface area contributed by atoms with Gasteiger partial charge in [-0.05, 0) is 39.6 Å². The molecule has 1 aromatic rings. The fraction of sp³-hybridized carbons (Fsp3) is 0.462. The number of hydrogen-bond donors (Lipinski definition) is 0. The van der Waals surface area contributed by atoms with Gasteiger partial charge in [0.15, 0.2) is 5.78 Å². The Kier molecular flexibility index (Phi) is 5.44. The topological polar surface area (TPSA) is 72.7 Å². The third-order valence-electron chi connectivity index (χ3n) is 2.56. The predicted molar refractivity (Wildman–Crippen MR) is 71.8 cm³/mol. The molecule has 6 nitrogen and oxygen atoms in total. The molecule has 0 amide bonds. The number of rotatable bonds is 7. The minimum Gasteiger partial charge on any atom is -0.494 e. The first-order chi connectivity index (χ1) is 8.91. The second-order valence-electron chi connectivity index (χ2n) is 4.50. The molecule has 19 heavy (non-hydrogen) atoms. The summed E-state index contributed by atoms with van der Waals surface area (Å²) in [6.07, 6.45) is 0.847. The molecular formula is C13H18N2O4. The molecule has 0 aliphatic heterocycles. The molecule has 1 aromatic carbocycles. The van der Waals surface area contributed by atoms with Crippen molar-refractivity contribution >= 4 is 11.5 Å². The van der Waals surface area contributed by atoms with E-state index in [-0.39, 0.29) is 17.0 Å². The minimum absolute atomic E-state index is 0.0788. The molecule has 0 heterocycles. The van der Waals surface area contributed by atoms with Crippen LogP contribution in [0.2, 0.25) is 0 Å². The molecule has 0 fully saturated rings. The summed E-state index contributed by atoms with van der Waals surface area (Å²) in [6, 6.07) is 4.24. The van der Waals surface area contributed by atoms with E-state index in [9.17, 15) is 14.9 Å². The fourth-order valence-electron chi connectivity index (χ4n) is 1.62. The molecule has 0 saturated carbocycles. The SMILES string of the molecule is CC(=O)c1cc(OCCCN(C)C)ccc1[N+](=O)[O-]. The number of ketones is 1. The lowest BCUT2D eigenvalue weighted by atomic mass is 10.1. The van der Waals surface area contributed by atoms with Gasteiger partial charge in [0.1, 0.15) is 5.75 Å². The second kappa shape index (κ2) is 6.84. The lowest BCUT2D eigenvalue weighted by Crippen LogP contribution is -2.15. The van der Waals surface area contributed by atoms with Gasteiger partial charge in [0.25, 0.3) is 5.69 Å². The third-order valence-corrected chi connectivity index (χ3v) is 2.56. The maximum absolute atomic E-state index is 11.4. The Morgan fingerprint density at radius 3 is 2.63 bits per heavy atom. The maximum atomic E-state index is 11.4. The van der Waals surface area contributed by atoms with Crippen LogP contribution in [0.25, 0.3) is 0 Å². The van der Waals surface area contributed by atoms with Crippen LogP contribution < -0.4 is 4.74 Å². The van der Waals surface area contributed by atoms with Crippen LogP contribution in [0.3, 0.4) is 0 Å². The number of Topliss-reactive ketones (excluding diaryl/α,β-unsaturated/α-hetero) is 1. The molecular weight excluding hydrogens is 248 g/mol. The molecule has 104 valence electrons. The number of benzene rings is 1. The summed E-state index contributed by atoms with van der Waals surface area (Å²) in [5.41, 5.74) is -0.108. The summed E-state index contributed by atoms with van der Waals surface area (Å²) < 4.78 is 5.48. The van der Waals surface area contributed by atoms with E-state index in [0.29, 0.717) is 12.4 Å². The molecule has 0 radical (unpaired) electrons. The summed E-state index contributed by atoms with van der Waals surface area (Å²) >= 11 is 0. The highest BCUT2D eigenvalue weighted by atomic mass is 16.6. The van der Waals surface area contributed by atoms with Crippen LogP contribution in [-0.4, -0.2) is 42.9 Å². The van der Waals surface area contributed by atoms with E-state index < -0.39 is 4.92 Å². The van der Waals surface area contributed by atoms with E-state index in [0.717, 1.165) is 13.0 Å². The summed E-state index contributed by atoms with van der Waals surface area (Å²) in [5.74, 6) is 0.139. The first-order valence-electron chi connectivity index (χ1n) is 5.98. The average molecular weight is 266 g/mol. The van der Waals surface area contributed by atoms with Gasteiger partial charge in [0.05, 0.1) is 17.1 Å². The molecule has 0 aromatic heterocycles. The van der Waals surface area contributed by atoms with Gasteiger partial charge in [-0.2, -0.15) is 0 Å². The Balaban J connectivity index is 2.73. The number of nitrogens with zero attached hydrogens (tertiary/aromatic N) is 2. The first kappa shape index (κ1) is 15.1. The highest BCUT2D eigenvalue weighted by Gasteiger charge is 2.17. The summed E-state index contributed by atoms with van der Waals surface area (Å²) in [5, 5.41) is 10.8. The monoisotopic (exact) mass is 266 g/mol. The van der Waals surface area contributed by atoms with Crippen LogP contribution in [0.1, 0.15) is 23.7 Å². The van der Waals surface area contributed by atoms with E-state index in [2.05, 4.69) is 0 Å². The van der Waals surface area contributed by atoms with Crippen molar-refractivity contribution in [2.24, 2.45) is 0 Å². The smallest absolute Gasteiger partial charge is 0.280 e. The lowest BCUT2D eigenvalue weighted by Gasteiger charge is -2.10. The minimum atomic E-state index is -0.563. The van der Waals surface area contributed by atoms with Gasteiger partial charge in [-0.25, -0.2) is 0 Å². The Hall–Kier alpha value is -1.95. The van der Waals surface area contributed by atoms with Crippen molar-refractivity contribution in [2.75, 3.05) is 27.2 Å². The van der Waals surface area contributed by atoms with Gasteiger partial charge < -0.3 is 9.64 Å². The second-order valence-corrected chi connectivity index (χ2v) is 4.50. The number of ether oxygens (including phenoxy) is 1. The first-order valence-corrected chi connectivity index (χ1v) is 5.98. The van der Waals surface area contributed by atoms with Crippen molar-refractivity contribution in [1.29, 1.82) is 0 Å². The maximum Gasteiger partial charge on any atom is 0.280 e. The molecule has 0 aliphatic carbocycles. The van der Waals surface area contributed by atoms with Crippen molar-refractivity contribution in [1.82, 2.24) is 4.90 Å². The summed E-state index contributed by atoms with van der Waals surface area (Å²) in [4.78, 5) is 23.6. The van der Waals surface area contributed by atoms with Crippen LogP contribution in [0.4, 0.5) is 5.69 Å². The van der Waals surface area contributed by atoms with Crippen LogP contribution in [-0.2, 0) is 0 Å². The van der Waals surface area contributed by atoms with Crippen molar-refractivity contribution in [3.05, 3.63) is 33.9 Å². The molecule has 1 rings (SSSR count). The predicted octanol–water partition coefficient (Wildman–Crippen LogP) is 2.13. The highest BCUT2D eigenvalue weighted by Crippen LogP contribution is 2.24. The molecule has 0 atom stereocenters. The standard InChI is InChI=1S/C13H18N2O4/c1-10(16)12-9-11(5-6-13(12)15(17)18)19-8-4-7-14(2)3/h5-6,9H,4,7-8H2,1-3H3. The Bertz CT molecular complexity index is 472. The van der Waals surface area contributed by atoms with Crippen molar-refractivity contribution < 1.29 is 14.5 Å². The molecule has 0 saturated heterocycles. The van der Waals surface area contributed by atoms with Gasteiger partial charge in [-0.15, -0.1) is 0 Å². The zero-order valence-electron chi connectivity index (χ0n) is 11.4. The van der Waals surface area contributed by atoms with Gasteiger partial charge >= 0.3 is 0 Å². The normalized spacial score (nSPS) is 10.5. The highest BCUT2D eigenvalue weighted by molar-refractivity contribution is 5.98. The molecule has 0 N–H and O–H groups in total. The Morgan fingerprint density at radius 1 is 1.42 bits per heavy atom. The van der Waals surface area contributed by atoms with Crippen molar-refractivity contribution in [3.63, 3.8) is 0 Å². The van der Waals surface area contributed by atoms with Crippen molar-refractivity contribution in [3.8, 4) is 5.75 Å². The molecule has 6 heteroatoms. The third kappa shape index (κ3) is 4.67. The number of nitro groups is 1. The average Bonchev–Trinajstić information content (AvgIpc) is 2.33. The Labute approximate surface area is 112 Å². The molecule has 0 aliphatic rings. The molecule has 0 unspecified atom stereocenters. The summed E-state index contributed by atoms with van der Waals surface area (Å²) in [6.45, 7) is 2.71. The number of carbonyl (C=O) groups is 1. The number of carbonyl (C=O) groups excluding carboxylic acids is 1. The molecule has 0 bridgehead atoms. The number of hydrogen-bond acceptors (Lipinski definition) is 5. The van der Waals surface area contributed by atoms with Crippen LogP contribution >= 0.6 is 0 Å². The van der Waals surface area contributed by atoms with Crippen LogP contribution in [0, 0.1) is 10.1 Å². The van der Waals surface area contributed by atoms with Gasteiger partial charge in [0.2, 0.25) is 0 Å². The van der Waals surface area contributed by atoms with Gasteiger partial charge in [0, 0.05) is 12.6 Å². The zero-order valence-corrected chi connectivity index (χ0v) is 11.4. The Morgan fingerprint density at radius 2 is 2.11 bits per heavy atom. The van der Waals surface area contributed by atoms with E-state index in [4.69, 9.17) is 4.74 Å². The van der Waals surface area contributed by atoms with E-state index in [1.165, 1.54) is 25.1 Å². The van der Waals surface area contributed by atoms with Gasteiger partial charge in [-0.3, -0.25) is 14.9 Å². The number of nitro benzene ring substituents is 1.